The average Bonchev–Trinajstić information content (AvgIpc) is 2.61. The predicted molar refractivity (Wildman–Crippen MR) is 57.5 cm³/mol. The Labute approximate surface area is 88.7 Å². The first-order valence-corrected chi connectivity index (χ1v) is 5.69. The molecule has 14 heavy (non-hydrogen) atoms. The van der Waals surface area contributed by atoms with Gasteiger partial charge in [0.1, 0.15) is 10.0 Å². The summed E-state index contributed by atoms with van der Waals surface area (Å²) in [4.78, 5) is 0. The van der Waals surface area contributed by atoms with Crippen LogP contribution in [0.4, 0.5) is 0 Å². The molecule has 4 nitrogen and oxygen atoms in total. The van der Waals surface area contributed by atoms with Gasteiger partial charge in [0.15, 0.2) is 0 Å². The summed E-state index contributed by atoms with van der Waals surface area (Å²) in [6.07, 6.45) is 2.13. The van der Waals surface area contributed by atoms with Gasteiger partial charge in [-0.3, -0.25) is 0 Å². The molecule has 1 N–H and O–H groups in total. The van der Waals surface area contributed by atoms with Crippen molar-refractivity contribution in [3.05, 3.63) is 10.0 Å². The van der Waals surface area contributed by atoms with Crippen LogP contribution >= 0.6 is 11.3 Å². The number of hydrogen-bond donors (Lipinski definition) is 1. The quantitative estimate of drug-likeness (QED) is 0.695. The second-order valence-corrected chi connectivity index (χ2v) is 4.13. The number of aryl methyl sites for hydroxylation is 1. The van der Waals surface area contributed by atoms with Gasteiger partial charge >= 0.3 is 0 Å². The van der Waals surface area contributed by atoms with E-state index in [4.69, 9.17) is 4.74 Å². The molecule has 1 rings (SSSR count). The van der Waals surface area contributed by atoms with Crippen LogP contribution in [0, 0.1) is 0 Å². The third-order valence-electron chi connectivity index (χ3n) is 1.77. The van der Waals surface area contributed by atoms with Gasteiger partial charge in [-0.05, 0) is 19.5 Å². The number of nitrogens with zero attached hydrogens (tertiary/aromatic N) is 2. The van der Waals surface area contributed by atoms with Crippen LogP contribution in [-0.4, -0.2) is 30.4 Å². The lowest BCUT2D eigenvalue weighted by molar-refractivity contribution is 0.184. The third-order valence-corrected chi connectivity index (χ3v) is 2.73. The van der Waals surface area contributed by atoms with Crippen molar-refractivity contribution in [2.45, 2.75) is 26.4 Å². The Hall–Kier alpha value is -0.520. The van der Waals surface area contributed by atoms with Crippen molar-refractivity contribution in [1.29, 1.82) is 0 Å². The fourth-order valence-corrected chi connectivity index (χ4v) is 1.97. The van der Waals surface area contributed by atoms with Crippen molar-refractivity contribution < 1.29 is 4.74 Å². The molecule has 0 fully saturated rings. The lowest BCUT2D eigenvalue weighted by atomic mass is 10.3. The number of rotatable bonds is 7. The second kappa shape index (κ2) is 6.86. The standard InChI is InChI=1S/C9H17N3OS/c1-3-10-6-4-5-8-11-12-9(14-8)7-13-2/h10H,3-7H2,1-2H3. The van der Waals surface area contributed by atoms with E-state index in [1.165, 1.54) is 0 Å². The van der Waals surface area contributed by atoms with E-state index in [2.05, 4.69) is 22.4 Å². The van der Waals surface area contributed by atoms with E-state index < -0.39 is 0 Å². The third kappa shape index (κ3) is 4.13. The minimum atomic E-state index is 0.574. The van der Waals surface area contributed by atoms with Gasteiger partial charge in [-0.25, -0.2) is 0 Å². The van der Waals surface area contributed by atoms with Crippen LogP contribution in [0.2, 0.25) is 0 Å². The second-order valence-electron chi connectivity index (χ2n) is 2.98. The Morgan fingerprint density at radius 1 is 1.36 bits per heavy atom. The molecule has 1 aromatic rings. The summed E-state index contributed by atoms with van der Waals surface area (Å²) in [6, 6.07) is 0. The minimum Gasteiger partial charge on any atom is -0.377 e. The smallest absolute Gasteiger partial charge is 0.143 e. The number of ether oxygens (including phenoxy) is 1. The van der Waals surface area contributed by atoms with Crippen LogP contribution in [-0.2, 0) is 17.8 Å². The van der Waals surface area contributed by atoms with Gasteiger partial charge in [-0.15, -0.1) is 10.2 Å². The first-order chi connectivity index (χ1) is 6.86. The molecule has 1 heterocycles. The average molecular weight is 215 g/mol. The predicted octanol–water partition coefficient (Wildman–Crippen LogP) is 1.23. The number of hydrogen-bond acceptors (Lipinski definition) is 5. The monoisotopic (exact) mass is 215 g/mol. The Kier molecular flexibility index (Phi) is 5.66. The highest BCUT2D eigenvalue weighted by Gasteiger charge is 2.02. The number of methoxy groups -OCH3 is 1. The van der Waals surface area contributed by atoms with E-state index in [1.807, 2.05) is 0 Å². The van der Waals surface area contributed by atoms with Crippen molar-refractivity contribution >= 4 is 11.3 Å². The van der Waals surface area contributed by atoms with Gasteiger partial charge < -0.3 is 10.1 Å². The van der Waals surface area contributed by atoms with Crippen LogP contribution in [0.5, 0.6) is 0 Å². The molecule has 0 aliphatic heterocycles. The Morgan fingerprint density at radius 2 is 2.14 bits per heavy atom. The molecular formula is C9H17N3OS. The lowest BCUT2D eigenvalue weighted by Crippen LogP contribution is -2.14. The maximum Gasteiger partial charge on any atom is 0.143 e. The maximum absolute atomic E-state index is 4.98. The fraction of sp³-hybridized carbons (Fsp3) is 0.778. The van der Waals surface area contributed by atoms with Gasteiger partial charge in [-0.2, -0.15) is 0 Å². The summed E-state index contributed by atoms with van der Waals surface area (Å²) >= 11 is 1.64. The summed E-state index contributed by atoms with van der Waals surface area (Å²) in [5, 5.41) is 13.5. The van der Waals surface area contributed by atoms with E-state index in [9.17, 15) is 0 Å². The summed E-state index contributed by atoms with van der Waals surface area (Å²) < 4.78 is 4.98. The SMILES string of the molecule is CCNCCCc1nnc(COC)s1. The summed E-state index contributed by atoms with van der Waals surface area (Å²) in [6.45, 7) is 4.77. The molecule has 0 amide bonds. The molecule has 5 heteroatoms. The van der Waals surface area contributed by atoms with Crippen molar-refractivity contribution in [3.8, 4) is 0 Å². The van der Waals surface area contributed by atoms with Gasteiger partial charge in [0.2, 0.25) is 0 Å². The molecule has 0 radical (unpaired) electrons. The van der Waals surface area contributed by atoms with Gasteiger partial charge in [0.05, 0.1) is 6.61 Å². The molecule has 0 atom stereocenters. The molecule has 0 aliphatic carbocycles. The molecular weight excluding hydrogens is 198 g/mol. The molecule has 0 unspecified atom stereocenters. The molecule has 0 bridgehead atoms. The van der Waals surface area contributed by atoms with E-state index in [0.29, 0.717) is 6.61 Å². The molecule has 0 saturated carbocycles. The molecule has 0 saturated heterocycles. The Balaban J connectivity index is 2.22. The first-order valence-electron chi connectivity index (χ1n) is 4.87. The van der Waals surface area contributed by atoms with Crippen molar-refractivity contribution in [1.82, 2.24) is 15.5 Å². The number of aromatic nitrogens is 2. The topological polar surface area (TPSA) is 47.0 Å². The van der Waals surface area contributed by atoms with Crippen LogP contribution in [0.15, 0.2) is 0 Å². The molecule has 0 aromatic carbocycles. The zero-order valence-corrected chi connectivity index (χ0v) is 9.56. The molecule has 80 valence electrons. The van der Waals surface area contributed by atoms with Gasteiger partial charge in [0, 0.05) is 13.5 Å². The summed E-state index contributed by atoms with van der Waals surface area (Å²) in [5.41, 5.74) is 0. The summed E-state index contributed by atoms with van der Waals surface area (Å²) in [5.74, 6) is 0. The van der Waals surface area contributed by atoms with Crippen LogP contribution in [0.3, 0.4) is 0 Å². The maximum atomic E-state index is 4.98. The van der Waals surface area contributed by atoms with E-state index in [-0.39, 0.29) is 0 Å². The Morgan fingerprint density at radius 3 is 2.86 bits per heavy atom. The fourth-order valence-electron chi connectivity index (χ4n) is 1.11. The Bertz CT molecular complexity index is 252. The van der Waals surface area contributed by atoms with E-state index >= 15 is 0 Å². The lowest BCUT2D eigenvalue weighted by Gasteiger charge is -1.97. The molecule has 1 aromatic heterocycles. The molecule has 0 spiro atoms. The highest BCUT2D eigenvalue weighted by Crippen LogP contribution is 2.11. The minimum absolute atomic E-state index is 0.574. The zero-order chi connectivity index (χ0) is 10.2. The van der Waals surface area contributed by atoms with Crippen molar-refractivity contribution in [3.63, 3.8) is 0 Å². The van der Waals surface area contributed by atoms with Crippen molar-refractivity contribution in [2.24, 2.45) is 0 Å². The molecule has 0 aliphatic rings. The van der Waals surface area contributed by atoms with Crippen LogP contribution < -0.4 is 5.32 Å². The van der Waals surface area contributed by atoms with Gasteiger partial charge in [-0.1, -0.05) is 18.3 Å². The highest BCUT2D eigenvalue weighted by molar-refractivity contribution is 7.11. The van der Waals surface area contributed by atoms with E-state index in [0.717, 1.165) is 35.9 Å². The van der Waals surface area contributed by atoms with Crippen molar-refractivity contribution in [2.75, 3.05) is 20.2 Å². The van der Waals surface area contributed by atoms with Gasteiger partial charge in [0.25, 0.3) is 0 Å². The highest BCUT2D eigenvalue weighted by atomic mass is 32.1. The van der Waals surface area contributed by atoms with E-state index in [1.54, 1.807) is 18.4 Å². The number of nitrogens with one attached hydrogen (secondary N) is 1. The van der Waals surface area contributed by atoms with Crippen LogP contribution in [0.1, 0.15) is 23.4 Å². The zero-order valence-electron chi connectivity index (χ0n) is 8.75. The largest absolute Gasteiger partial charge is 0.377 e. The normalized spacial score (nSPS) is 10.7. The summed E-state index contributed by atoms with van der Waals surface area (Å²) in [7, 11) is 1.67. The van der Waals surface area contributed by atoms with Crippen LogP contribution in [0.25, 0.3) is 0 Å². The first kappa shape index (κ1) is 11.6.